The highest BCUT2D eigenvalue weighted by atomic mass is 35.5. The summed E-state index contributed by atoms with van der Waals surface area (Å²) in [6.07, 6.45) is -4.16. The van der Waals surface area contributed by atoms with Crippen LogP contribution in [0.3, 0.4) is 0 Å². The molecule has 6 nitrogen and oxygen atoms in total. The predicted molar refractivity (Wildman–Crippen MR) is 103 cm³/mol. The van der Waals surface area contributed by atoms with Crippen LogP contribution in [0.4, 0.5) is 0 Å². The summed E-state index contributed by atoms with van der Waals surface area (Å²) in [6.45, 7) is 0. The first-order chi connectivity index (χ1) is 13.4. The summed E-state index contributed by atoms with van der Waals surface area (Å²) in [6, 6.07) is 12.9. The van der Waals surface area contributed by atoms with E-state index in [0.29, 0.717) is 23.4 Å². The molecule has 0 unspecified atom stereocenters. The SMILES string of the molecule is CO[C@H]1O[C@@H](c2ccc(Cl)c(Cc3ccc(CC=O)cc3)c2)[C@@H](O)[C@@H](O)[C@@H]1O. The minimum atomic E-state index is -1.40. The Morgan fingerprint density at radius 2 is 1.71 bits per heavy atom. The lowest BCUT2D eigenvalue weighted by atomic mass is 9.92. The van der Waals surface area contributed by atoms with Gasteiger partial charge in [0.15, 0.2) is 6.29 Å². The molecule has 0 saturated carbocycles. The van der Waals surface area contributed by atoms with Gasteiger partial charge in [0.2, 0.25) is 0 Å². The molecule has 2 aromatic carbocycles. The first-order valence-electron chi connectivity index (χ1n) is 8.96. The molecule has 150 valence electrons. The summed E-state index contributed by atoms with van der Waals surface area (Å²) in [5, 5.41) is 30.9. The van der Waals surface area contributed by atoms with Crippen LogP contribution >= 0.6 is 11.6 Å². The van der Waals surface area contributed by atoms with Gasteiger partial charge in [-0.05, 0) is 34.7 Å². The van der Waals surface area contributed by atoms with Gasteiger partial charge in [0.05, 0.1) is 0 Å². The molecule has 0 radical (unpaired) electrons. The lowest BCUT2D eigenvalue weighted by Gasteiger charge is -2.40. The van der Waals surface area contributed by atoms with Crippen molar-refractivity contribution < 1.29 is 29.6 Å². The Balaban J connectivity index is 1.83. The number of ether oxygens (including phenoxy) is 2. The average Bonchev–Trinajstić information content (AvgIpc) is 2.70. The normalized spacial score (nSPS) is 27.5. The quantitative estimate of drug-likeness (QED) is 0.633. The van der Waals surface area contributed by atoms with Crippen molar-refractivity contribution in [2.75, 3.05) is 7.11 Å². The second-order valence-corrected chi connectivity index (χ2v) is 7.25. The number of methoxy groups -OCH3 is 1. The molecule has 0 amide bonds. The molecule has 3 N–H and O–H groups in total. The van der Waals surface area contributed by atoms with Crippen LogP contribution in [0, 0.1) is 0 Å². The first kappa shape index (κ1) is 20.9. The van der Waals surface area contributed by atoms with Crippen LogP contribution in [0.2, 0.25) is 5.02 Å². The van der Waals surface area contributed by atoms with E-state index in [1.54, 1.807) is 12.1 Å². The molecule has 1 heterocycles. The topological polar surface area (TPSA) is 96.2 Å². The summed E-state index contributed by atoms with van der Waals surface area (Å²) >= 11 is 6.35. The molecule has 1 fully saturated rings. The predicted octanol–water partition coefficient (Wildman–Crippen LogP) is 1.80. The maximum absolute atomic E-state index is 10.6. The highest BCUT2D eigenvalue weighted by Crippen LogP contribution is 2.34. The second-order valence-electron chi connectivity index (χ2n) is 6.85. The van der Waals surface area contributed by atoms with E-state index < -0.39 is 30.7 Å². The fourth-order valence-corrected chi connectivity index (χ4v) is 3.52. The zero-order valence-electron chi connectivity index (χ0n) is 15.4. The Bertz CT molecular complexity index is 807. The van der Waals surface area contributed by atoms with Crippen LogP contribution in [0.25, 0.3) is 0 Å². The van der Waals surface area contributed by atoms with E-state index >= 15 is 0 Å². The van der Waals surface area contributed by atoms with E-state index in [0.717, 1.165) is 23.0 Å². The smallest absolute Gasteiger partial charge is 0.186 e. The van der Waals surface area contributed by atoms with E-state index in [9.17, 15) is 20.1 Å². The summed E-state index contributed by atoms with van der Waals surface area (Å²) in [5.74, 6) is 0. The van der Waals surface area contributed by atoms with Crippen molar-refractivity contribution in [1.82, 2.24) is 0 Å². The molecule has 1 aliphatic heterocycles. The van der Waals surface area contributed by atoms with E-state index in [1.807, 2.05) is 30.3 Å². The zero-order valence-corrected chi connectivity index (χ0v) is 16.1. The number of aliphatic hydroxyl groups excluding tert-OH is 3. The molecule has 0 bridgehead atoms. The van der Waals surface area contributed by atoms with Crippen LogP contribution < -0.4 is 0 Å². The second kappa shape index (κ2) is 9.13. The molecule has 1 aliphatic rings. The third-order valence-electron chi connectivity index (χ3n) is 4.94. The van der Waals surface area contributed by atoms with E-state index in [2.05, 4.69) is 0 Å². The molecule has 28 heavy (non-hydrogen) atoms. The van der Waals surface area contributed by atoms with Gasteiger partial charge in [-0.2, -0.15) is 0 Å². The van der Waals surface area contributed by atoms with Crippen LogP contribution in [-0.4, -0.2) is 53.3 Å². The van der Waals surface area contributed by atoms with Crippen molar-refractivity contribution in [3.05, 3.63) is 69.7 Å². The Labute approximate surface area is 168 Å². The van der Waals surface area contributed by atoms with E-state index in [4.69, 9.17) is 21.1 Å². The van der Waals surface area contributed by atoms with Gasteiger partial charge >= 0.3 is 0 Å². The fraction of sp³-hybridized carbons (Fsp3) is 0.381. The van der Waals surface area contributed by atoms with Crippen LogP contribution in [-0.2, 0) is 27.1 Å². The maximum Gasteiger partial charge on any atom is 0.186 e. The van der Waals surface area contributed by atoms with Gasteiger partial charge < -0.3 is 29.6 Å². The lowest BCUT2D eigenvalue weighted by Crippen LogP contribution is -2.54. The third kappa shape index (κ3) is 4.43. The highest BCUT2D eigenvalue weighted by Gasteiger charge is 2.44. The van der Waals surface area contributed by atoms with Crippen molar-refractivity contribution in [3.63, 3.8) is 0 Å². The number of carbonyl (C=O) groups excluding carboxylic acids is 1. The summed E-state index contributed by atoms with van der Waals surface area (Å²) in [7, 11) is 1.36. The monoisotopic (exact) mass is 406 g/mol. The van der Waals surface area contributed by atoms with Crippen LogP contribution in [0.15, 0.2) is 42.5 Å². The molecule has 0 spiro atoms. The maximum atomic E-state index is 10.6. The number of rotatable bonds is 6. The van der Waals surface area contributed by atoms with Crippen molar-refractivity contribution in [2.45, 2.75) is 43.5 Å². The number of aldehydes is 1. The zero-order chi connectivity index (χ0) is 20.3. The summed E-state index contributed by atoms with van der Waals surface area (Å²) < 4.78 is 10.7. The third-order valence-corrected chi connectivity index (χ3v) is 5.31. The molecular formula is C21H23ClO6. The number of carbonyl (C=O) groups is 1. The molecule has 7 heteroatoms. The molecular weight excluding hydrogens is 384 g/mol. The lowest BCUT2D eigenvalue weighted by molar-refractivity contribution is -0.292. The standard InChI is InChI=1S/C21H23ClO6/c1-27-21-19(26)17(24)18(25)20(28-21)14-6-7-16(22)15(11-14)10-13-4-2-12(3-5-13)8-9-23/h2-7,9,11,17-21,24-26H,8,10H2,1H3/t17-,18+,19+,20+,21+/m1/s1. The first-order valence-corrected chi connectivity index (χ1v) is 9.34. The number of hydrogen-bond donors (Lipinski definition) is 3. The van der Waals surface area contributed by atoms with E-state index in [1.165, 1.54) is 7.11 Å². The number of halogens is 1. The fourth-order valence-electron chi connectivity index (χ4n) is 3.33. The van der Waals surface area contributed by atoms with Gasteiger partial charge in [-0.25, -0.2) is 0 Å². The minimum Gasteiger partial charge on any atom is -0.387 e. The van der Waals surface area contributed by atoms with Crippen LogP contribution in [0.1, 0.15) is 28.4 Å². The molecule has 3 rings (SSSR count). The Hall–Kier alpha value is -1.80. The Morgan fingerprint density at radius 3 is 2.36 bits per heavy atom. The van der Waals surface area contributed by atoms with Gasteiger partial charge in [-0.3, -0.25) is 0 Å². The van der Waals surface area contributed by atoms with Crippen molar-refractivity contribution >= 4 is 17.9 Å². The van der Waals surface area contributed by atoms with Crippen molar-refractivity contribution in [2.24, 2.45) is 0 Å². The van der Waals surface area contributed by atoms with Gasteiger partial charge in [0.25, 0.3) is 0 Å². The minimum absolute atomic E-state index is 0.377. The van der Waals surface area contributed by atoms with Gasteiger partial charge in [-0.1, -0.05) is 48.0 Å². The average molecular weight is 407 g/mol. The van der Waals surface area contributed by atoms with Crippen LogP contribution in [0.5, 0.6) is 0 Å². The molecule has 0 aliphatic carbocycles. The number of aliphatic hydroxyl groups is 3. The van der Waals surface area contributed by atoms with Gasteiger partial charge in [-0.15, -0.1) is 0 Å². The van der Waals surface area contributed by atoms with Gasteiger partial charge in [0, 0.05) is 18.6 Å². The summed E-state index contributed by atoms with van der Waals surface area (Å²) in [4.78, 5) is 10.6. The molecule has 2 aromatic rings. The van der Waals surface area contributed by atoms with Crippen molar-refractivity contribution in [3.8, 4) is 0 Å². The molecule has 5 atom stereocenters. The highest BCUT2D eigenvalue weighted by molar-refractivity contribution is 6.31. The molecule has 0 aromatic heterocycles. The Kier molecular flexibility index (Phi) is 6.82. The van der Waals surface area contributed by atoms with Crippen molar-refractivity contribution in [1.29, 1.82) is 0 Å². The van der Waals surface area contributed by atoms with Gasteiger partial charge in [0.1, 0.15) is 30.7 Å². The Morgan fingerprint density at radius 1 is 1.04 bits per heavy atom. The largest absolute Gasteiger partial charge is 0.387 e. The molecule has 1 saturated heterocycles. The van der Waals surface area contributed by atoms with E-state index in [-0.39, 0.29) is 0 Å². The summed E-state index contributed by atoms with van der Waals surface area (Å²) in [5.41, 5.74) is 3.41. The number of benzene rings is 2. The number of hydrogen-bond acceptors (Lipinski definition) is 6.